The van der Waals surface area contributed by atoms with Crippen LogP contribution in [0.2, 0.25) is 0 Å². The lowest BCUT2D eigenvalue weighted by molar-refractivity contribution is 0.167. The lowest BCUT2D eigenvalue weighted by atomic mass is 9.91. The highest BCUT2D eigenvalue weighted by Gasteiger charge is 2.19. The molecule has 0 bridgehead atoms. The van der Waals surface area contributed by atoms with Crippen molar-refractivity contribution in [2.24, 2.45) is 11.8 Å². The summed E-state index contributed by atoms with van der Waals surface area (Å²) in [5.41, 5.74) is 0. The predicted octanol–water partition coefficient (Wildman–Crippen LogP) is 11.9. The normalized spacial score (nSPS) is 13.5. The molecule has 2 heteroatoms. The van der Waals surface area contributed by atoms with Crippen molar-refractivity contribution in [2.45, 2.75) is 188 Å². The van der Waals surface area contributed by atoms with Gasteiger partial charge in [-0.25, -0.2) is 0 Å². The maximum Gasteiger partial charge on any atom is 0.000978 e. The van der Waals surface area contributed by atoms with Crippen LogP contribution in [0.15, 0.2) is 0 Å². The monoisotopic (exact) mass is 551 g/mol. The molecule has 0 heterocycles. The van der Waals surface area contributed by atoms with E-state index in [-0.39, 0.29) is 0 Å². The lowest BCUT2D eigenvalue weighted by Crippen LogP contribution is -2.36. The Morgan fingerprint density at radius 3 is 1.00 bits per heavy atom. The summed E-state index contributed by atoms with van der Waals surface area (Å²) < 4.78 is 0. The smallest absolute Gasteiger partial charge is 0.000978 e. The van der Waals surface area contributed by atoms with Gasteiger partial charge in [0, 0.05) is 13.1 Å². The number of hydrogen-bond donors (Lipinski definition) is 0. The van der Waals surface area contributed by atoms with Gasteiger partial charge in [0.25, 0.3) is 0 Å². The zero-order chi connectivity index (χ0) is 28.8. The summed E-state index contributed by atoms with van der Waals surface area (Å²) in [6.45, 7) is 14.7. The number of rotatable bonds is 32. The summed E-state index contributed by atoms with van der Waals surface area (Å²) in [5.74, 6) is 1.84. The van der Waals surface area contributed by atoms with Crippen LogP contribution in [0.5, 0.6) is 0 Å². The van der Waals surface area contributed by atoms with Crippen LogP contribution in [-0.2, 0) is 0 Å². The average Bonchev–Trinajstić information content (AvgIpc) is 2.92. The molecule has 0 saturated heterocycles. The summed E-state index contributed by atoms with van der Waals surface area (Å²) in [5, 5.41) is 0. The van der Waals surface area contributed by atoms with Crippen LogP contribution in [0.4, 0.5) is 0 Å². The van der Waals surface area contributed by atoms with Gasteiger partial charge in [0.15, 0.2) is 0 Å². The van der Waals surface area contributed by atoms with E-state index < -0.39 is 0 Å². The number of nitrogens with zero attached hydrogens (tertiary/aromatic N) is 2. The highest BCUT2D eigenvalue weighted by atomic mass is 15.1. The van der Waals surface area contributed by atoms with Crippen molar-refractivity contribution in [3.63, 3.8) is 0 Å². The van der Waals surface area contributed by atoms with Crippen LogP contribution in [0.3, 0.4) is 0 Å². The van der Waals surface area contributed by atoms with E-state index >= 15 is 0 Å². The van der Waals surface area contributed by atoms with E-state index in [1.54, 1.807) is 0 Å². The van der Waals surface area contributed by atoms with Gasteiger partial charge < -0.3 is 9.80 Å². The Hall–Kier alpha value is -0.0800. The molecule has 0 aliphatic carbocycles. The second-order valence-electron chi connectivity index (χ2n) is 13.5. The minimum absolute atomic E-state index is 0.919. The van der Waals surface area contributed by atoms with E-state index in [9.17, 15) is 0 Å². The molecule has 0 aromatic rings. The lowest BCUT2D eigenvalue weighted by Gasteiger charge is -2.32. The Kier molecular flexibility index (Phi) is 30.8. The van der Waals surface area contributed by atoms with Crippen molar-refractivity contribution in [2.75, 3.05) is 40.3 Å². The second kappa shape index (κ2) is 30.9. The molecule has 39 heavy (non-hydrogen) atoms. The van der Waals surface area contributed by atoms with Gasteiger partial charge in [-0.15, -0.1) is 0 Å². The third-order valence-corrected chi connectivity index (χ3v) is 8.98. The molecule has 2 nitrogen and oxygen atoms in total. The van der Waals surface area contributed by atoms with E-state index in [0.717, 1.165) is 11.8 Å². The highest BCUT2D eigenvalue weighted by Crippen LogP contribution is 2.24. The van der Waals surface area contributed by atoms with Crippen LogP contribution in [-0.4, -0.2) is 50.1 Å². The molecule has 2 atom stereocenters. The first-order valence-corrected chi connectivity index (χ1v) is 18.4. The molecule has 0 rings (SSSR count). The van der Waals surface area contributed by atoms with Crippen LogP contribution in [0.25, 0.3) is 0 Å². The fourth-order valence-corrected chi connectivity index (χ4v) is 6.40. The van der Waals surface area contributed by atoms with E-state index in [2.05, 4.69) is 51.6 Å². The van der Waals surface area contributed by atoms with Gasteiger partial charge in [-0.2, -0.15) is 0 Å². The molecule has 2 unspecified atom stereocenters. The Morgan fingerprint density at radius 1 is 0.359 bits per heavy atom. The van der Waals surface area contributed by atoms with E-state index in [1.165, 1.54) is 187 Å². The molecule has 0 spiro atoms. The van der Waals surface area contributed by atoms with Gasteiger partial charge in [0.1, 0.15) is 0 Å². The van der Waals surface area contributed by atoms with Gasteiger partial charge in [0.2, 0.25) is 0 Å². The summed E-state index contributed by atoms with van der Waals surface area (Å²) in [7, 11) is 4.49. The second-order valence-corrected chi connectivity index (χ2v) is 13.5. The molecular formula is C37H78N2. The third kappa shape index (κ3) is 27.8. The minimum atomic E-state index is 0.919. The quantitative estimate of drug-likeness (QED) is 0.0768. The minimum Gasteiger partial charge on any atom is -0.309 e. The Morgan fingerprint density at radius 2 is 0.667 bits per heavy atom. The fraction of sp³-hybridized carbons (Fsp3) is 1.00. The molecule has 0 fully saturated rings. The van der Waals surface area contributed by atoms with Crippen molar-refractivity contribution in [1.29, 1.82) is 0 Å². The largest absolute Gasteiger partial charge is 0.309 e. The Labute approximate surface area is 249 Å². The zero-order valence-electron chi connectivity index (χ0n) is 28.6. The first-order chi connectivity index (χ1) is 19.1. The number of unbranched alkanes of at least 4 members (excludes halogenated alkanes) is 16. The van der Waals surface area contributed by atoms with Gasteiger partial charge in [-0.05, 0) is 71.1 Å². The summed E-state index contributed by atoms with van der Waals surface area (Å²) in [6, 6.07) is 0. The van der Waals surface area contributed by atoms with Crippen molar-refractivity contribution in [3.05, 3.63) is 0 Å². The number of hydrogen-bond acceptors (Lipinski definition) is 2. The first-order valence-electron chi connectivity index (χ1n) is 18.4. The molecule has 0 aliphatic rings. The van der Waals surface area contributed by atoms with Crippen molar-refractivity contribution in [1.82, 2.24) is 9.80 Å². The van der Waals surface area contributed by atoms with E-state index in [4.69, 9.17) is 0 Å². The Bertz CT molecular complexity index is 415. The fourth-order valence-electron chi connectivity index (χ4n) is 6.40. The molecule has 0 N–H and O–H groups in total. The van der Waals surface area contributed by atoms with Crippen LogP contribution >= 0.6 is 0 Å². The van der Waals surface area contributed by atoms with Gasteiger partial charge in [-0.1, -0.05) is 156 Å². The zero-order valence-corrected chi connectivity index (χ0v) is 28.6. The van der Waals surface area contributed by atoms with Gasteiger partial charge in [0.05, 0.1) is 0 Å². The maximum absolute atomic E-state index is 2.96. The van der Waals surface area contributed by atoms with Crippen molar-refractivity contribution in [3.8, 4) is 0 Å². The molecule has 0 radical (unpaired) electrons. The molecular weight excluding hydrogens is 472 g/mol. The molecule has 0 saturated carbocycles. The van der Waals surface area contributed by atoms with Crippen LogP contribution < -0.4 is 0 Å². The summed E-state index contributed by atoms with van der Waals surface area (Å²) >= 11 is 0. The summed E-state index contributed by atoms with van der Waals surface area (Å²) in [6.07, 6.45) is 35.8. The Balaban J connectivity index is 5.13. The van der Waals surface area contributed by atoms with Crippen molar-refractivity contribution < 1.29 is 0 Å². The van der Waals surface area contributed by atoms with Crippen LogP contribution in [0.1, 0.15) is 188 Å². The topological polar surface area (TPSA) is 6.48 Å². The molecule has 0 aromatic carbocycles. The maximum atomic E-state index is 2.96. The standard InChI is InChI=1S/C37H78N2/c1-7-11-15-19-21-25-30-36(28-23-17-13-9-3)34-39(33-27-32-38(5)6)35-37(29-24-18-14-10-4)31-26-22-20-16-12-8-2/h36-37H,7-35H2,1-6H3. The molecule has 236 valence electrons. The highest BCUT2D eigenvalue weighted by molar-refractivity contribution is 4.73. The SMILES string of the molecule is CCCCCCCCC(CCCCCC)CN(CCCN(C)C)CC(CCCCCC)CCCCCCCC. The van der Waals surface area contributed by atoms with E-state index in [1.807, 2.05) is 0 Å². The molecule has 0 amide bonds. The van der Waals surface area contributed by atoms with Gasteiger partial charge in [-0.3, -0.25) is 0 Å². The van der Waals surface area contributed by atoms with E-state index in [0.29, 0.717) is 0 Å². The molecule has 0 aromatic heterocycles. The predicted molar refractivity (Wildman–Crippen MR) is 180 cm³/mol. The van der Waals surface area contributed by atoms with Crippen LogP contribution in [0, 0.1) is 11.8 Å². The third-order valence-electron chi connectivity index (χ3n) is 8.98. The van der Waals surface area contributed by atoms with Gasteiger partial charge >= 0.3 is 0 Å². The summed E-state index contributed by atoms with van der Waals surface area (Å²) in [4.78, 5) is 5.35. The van der Waals surface area contributed by atoms with Crippen molar-refractivity contribution >= 4 is 0 Å². The first kappa shape index (κ1) is 38.9. The average molecular weight is 551 g/mol. The molecule has 0 aliphatic heterocycles.